The van der Waals surface area contributed by atoms with Gasteiger partial charge in [-0.2, -0.15) is 4.68 Å². The molecular weight excluding hydrogens is 214 g/mol. The zero-order valence-corrected chi connectivity index (χ0v) is 8.94. The van der Waals surface area contributed by atoms with Gasteiger partial charge in [-0.25, -0.2) is 0 Å². The van der Waals surface area contributed by atoms with Crippen LogP contribution in [0.15, 0.2) is 18.2 Å². The van der Waals surface area contributed by atoms with Crippen LogP contribution in [0.25, 0.3) is 5.69 Å². The minimum absolute atomic E-state index is 0.560. The van der Waals surface area contributed by atoms with Gasteiger partial charge in [-0.1, -0.05) is 18.5 Å². The average Bonchev–Trinajstić information content (AvgIpc) is 2.65. The molecule has 1 aromatic carbocycles. The van der Waals surface area contributed by atoms with Crippen LogP contribution in [0.2, 0.25) is 5.02 Å². The van der Waals surface area contributed by atoms with E-state index in [1.54, 1.807) is 22.9 Å². The molecule has 0 aliphatic carbocycles. The van der Waals surface area contributed by atoms with Crippen LogP contribution in [-0.2, 0) is 6.42 Å². The molecule has 2 aromatic rings. The van der Waals surface area contributed by atoms with Crippen LogP contribution in [0.5, 0.6) is 0 Å². The van der Waals surface area contributed by atoms with Crippen molar-refractivity contribution in [2.75, 3.05) is 5.73 Å². The third-order valence-corrected chi connectivity index (χ3v) is 2.30. The normalized spacial score (nSPS) is 10.5. The number of tetrazole rings is 1. The summed E-state index contributed by atoms with van der Waals surface area (Å²) in [6.07, 6.45) is 0.745. The highest BCUT2D eigenvalue weighted by molar-refractivity contribution is 6.30. The summed E-state index contributed by atoms with van der Waals surface area (Å²) in [7, 11) is 0. The first-order chi connectivity index (χ1) is 7.22. The van der Waals surface area contributed by atoms with Gasteiger partial charge in [0.2, 0.25) is 0 Å². The smallest absolute Gasteiger partial charge is 0.156 e. The van der Waals surface area contributed by atoms with E-state index in [0.29, 0.717) is 10.7 Å². The second kappa shape index (κ2) is 3.86. The van der Waals surface area contributed by atoms with Crippen LogP contribution in [0.4, 0.5) is 5.69 Å². The lowest BCUT2D eigenvalue weighted by atomic mass is 10.2. The average molecular weight is 224 g/mol. The van der Waals surface area contributed by atoms with E-state index >= 15 is 0 Å². The molecule has 0 radical (unpaired) electrons. The van der Waals surface area contributed by atoms with Gasteiger partial charge in [0.05, 0.1) is 11.4 Å². The van der Waals surface area contributed by atoms with Gasteiger partial charge in [-0.15, -0.1) is 5.10 Å². The molecule has 0 spiro atoms. The molecule has 0 aliphatic rings. The summed E-state index contributed by atoms with van der Waals surface area (Å²) in [6, 6.07) is 5.24. The molecule has 0 saturated carbocycles. The van der Waals surface area contributed by atoms with Gasteiger partial charge in [0.25, 0.3) is 0 Å². The minimum atomic E-state index is 0.560. The molecule has 0 saturated heterocycles. The molecule has 0 bridgehead atoms. The first-order valence-corrected chi connectivity index (χ1v) is 4.93. The van der Waals surface area contributed by atoms with Gasteiger partial charge in [0.1, 0.15) is 0 Å². The molecule has 5 nitrogen and oxygen atoms in total. The number of hydrogen-bond donors (Lipinski definition) is 1. The first kappa shape index (κ1) is 9.92. The molecule has 0 atom stereocenters. The Kier molecular flexibility index (Phi) is 2.55. The highest BCUT2D eigenvalue weighted by Crippen LogP contribution is 2.21. The molecule has 1 aromatic heterocycles. The topological polar surface area (TPSA) is 69.6 Å². The SMILES string of the molecule is CCc1nnnn1-c1ccc(Cl)cc1N. The Hall–Kier alpha value is -1.62. The van der Waals surface area contributed by atoms with Crippen LogP contribution in [0.1, 0.15) is 12.7 Å². The zero-order valence-electron chi connectivity index (χ0n) is 8.18. The first-order valence-electron chi connectivity index (χ1n) is 4.55. The number of aromatic nitrogens is 4. The van der Waals surface area contributed by atoms with Crippen LogP contribution >= 0.6 is 11.6 Å². The molecular formula is C9H10ClN5. The maximum Gasteiger partial charge on any atom is 0.156 e. The Morgan fingerprint density at radius 1 is 1.47 bits per heavy atom. The van der Waals surface area contributed by atoms with Crippen LogP contribution in [0, 0.1) is 0 Å². The number of nitrogens with two attached hydrogens (primary N) is 1. The van der Waals surface area contributed by atoms with Crippen molar-refractivity contribution >= 4 is 17.3 Å². The summed E-state index contributed by atoms with van der Waals surface area (Å²) >= 11 is 5.81. The van der Waals surface area contributed by atoms with Gasteiger partial charge in [0.15, 0.2) is 5.82 Å². The van der Waals surface area contributed by atoms with Crippen molar-refractivity contribution in [2.45, 2.75) is 13.3 Å². The highest BCUT2D eigenvalue weighted by atomic mass is 35.5. The van der Waals surface area contributed by atoms with E-state index < -0.39 is 0 Å². The number of hydrogen-bond acceptors (Lipinski definition) is 4. The number of benzene rings is 1. The van der Waals surface area contributed by atoms with Gasteiger partial charge in [-0.3, -0.25) is 0 Å². The standard InChI is InChI=1S/C9H10ClN5/c1-2-9-12-13-14-15(9)8-4-3-6(10)5-7(8)11/h3-5H,2,11H2,1H3. The van der Waals surface area contributed by atoms with Gasteiger partial charge in [0, 0.05) is 11.4 Å². The number of halogens is 1. The Morgan fingerprint density at radius 3 is 2.93 bits per heavy atom. The quantitative estimate of drug-likeness (QED) is 0.783. The minimum Gasteiger partial charge on any atom is -0.397 e. The zero-order chi connectivity index (χ0) is 10.8. The summed E-state index contributed by atoms with van der Waals surface area (Å²) in [5, 5.41) is 12.0. The van der Waals surface area contributed by atoms with E-state index in [-0.39, 0.29) is 0 Å². The van der Waals surface area contributed by atoms with Crippen molar-refractivity contribution in [1.29, 1.82) is 0 Å². The maximum absolute atomic E-state index is 5.84. The van der Waals surface area contributed by atoms with Gasteiger partial charge in [-0.05, 0) is 28.6 Å². The Balaban J connectivity index is 2.54. The van der Waals surface area contributed by atoms with Crippen molar-refractivity contribution < 1.29 is 0 Å². The van der Waals surface area contributed by atoms with Crippen molar-refractivity contribution in [2.24, 2.45) is 0 Å². The Labute approximate surface area is 91.8 Å². The fourth-order valence-electron chi connectivity index (χ4n) is 1.33. The summed E-state index contributed by atoms with van der Waals surface area (Å²) in [6.45, 7) is 1.98. The Morgan fingerprint density at radius 2 is 2.27 bits per heavy atom. The molecule has 0 aliphatic heterocycles. The van der Waals surface area contributed by atoms with Crippen LogP contribution in [0.3, 0.4) is 0 Å². The van der Waals surface area contributed by atoms with Crippen molar-refractivity contribution in [3.8, 4) is 5.69 Å². The third-order valence-electron chi connectivity index (χ3n) is 2.07. The molecule has 0 unspecified atom stereocenters. The molecule has 6 heteroatoms. The number of aryl methyl sites for hydroxylation is 1. The second-order valence-corrected chi connectivity index (χ2v) is 3.50. The third kappa shape index (κ3) is 1.78. The fourth-order valence-corrected chi connectivity index (χ4v) is 1.51. The van der Waals surface area contributed by atoms with Gasteiger partial charge < -0.3 is 5.73 Å². The summed E-state index contributed by atoms with van der Waals surface area (Å²) in [5.74, 6) is 0.768. The van der Waals surface area contributed by atoms with E-state index in [4.69, 9.17) is 17.3 Å². The highest BCUT2D eigenvalue weighted by Gasteiger charge is 2.09. The van der Waals surface area contributed by atoms with Crippen LogP contribution in [-0.4, -0.2) is 20.2 Å². The summed E-state index contributed by atoms with van der Waals surface area (Å²) < 4.78 is 1.62. The molecule has 1 heterocycles. The molecule has 78 valence electrons. The summed E-state index contributed by atoms with van der Waals surface area (Å²) in [4.78, 5) is 0. The van der Waals surface area contributed by atoms with Crippen molar-refractivity contribution in [1.82, 2.24) is 20.2 Å². The lowest BCUT2D eigenvalue weighted by Gasteiger charge is -2.06. The largest absolute Gasteiger partial charge is 0.397 e. The van der Waals surface area contributed by atoms with Crippen LogP contribution < -0.4 is 5.73 Å². The molecule has 2 N–H and O–H groups in total. The monoisotopic (exact) mass is 223 g/mol. The fraction of sp³-hybridized carbons (Fsp3) is 0.222. The predicted molar refractivity (Wildman–Crippen MR) is 58.0 cm³/mol. The van der Waals surface area contributed by atoms with E-state index in [0.717, 1.165) is 17.9 Å². The molecule has 2 rings (SSSR count). The lowest BCUT2D eigenvalue weighted by Crippen LogP contribution is -2.05. The maximum atomic E-state index is 5.84. The number of anilines is 1. The predicted octanol–water partition coefficient (Wildman–Crippen LogP) is 1.46. The summed E-state index contributed by atoms with van der Waals surface area (Å²) in [5.41, 5.74) is 7.15. The van der Waals surface area contributed by atoms with Crippen molar-refractivity contribution in [3.05, 3.63) is 29.0 Å². The number of nitrogens with zero attached hydrogens (tertiary/aromatic N) is 4. The van der Waals surface area contributed by atoms with E-state index in [9.17, 15) is 0 Å². The molecule has 0 fully saturated rings. The Bertz CT molecular complexity index is 479. The molecule has 15 heavy (non-hydrogen) atoms. The van der Waals surface area contributed by atoms with E-state index in [1.165, 1.54) is 0 Å². The number of nitrogen functional groups attached to an aromatic ring is 1. The van der Waals surface area contributed by atoms with Crippen molar-refractivity contribution in [3.63, 3.8) is 0 Å². The van der Waals surface area contributed by atoms with E-state index in [1.807, 2.05) is 6.92 Å². The van der Waals surface area contributed by atoms with Gasteiger partial charge >= 0.3 is 0 Å². The second-order valence-electron chi connectivity index (χ2n) is 3.06. The molecule has 0 amide bonds. The van der Waals surface area contributed by atoms with E-state index in [2.05, 4.69) is 15.5 Å². The number of rotatable bonds is 2. The lowest BCUT2D eigenvalue weighted by molar-refractivity contribution is 0.768.